The molecular formula is C30H32N4O. The van der Waals surface area contributed by atoms with Crippen molar-refractivity contribution in [3.63, 3.8) is 0 Å². The summed E-state index contributed by atoms with van der Waals surface area (Å²) in [5, 5.41) is 12.2. The average Bonchev–Trinajstić information content (AvgIpc) is 3.13. The number of piperidine rings is 1. The zero-order valence-electron chi connectivity index (χ0n) is 20.8. The molecule has 5 heteroatoms. The van der Waals surface area contributed by atoms with Gasteiger partial charge in [-0.2, -0.15) is 5.26 Å². The summed E-state index contributed by atoms with van der Waals surface area (Å²) >= 11 is 0. The van der Waals surface area contributed by atoms with E-state index < -0.39 is 0 Å². The van der Waals surface area contributed by atoms with Crippen molar-refractivity contribution in [2.75, 3.05) is 29.9 Å². The highest BCUT2D eigenvalue weighted by Crippen LogP contribution is 2.47. The molecule has 3 aromatic carbocycles. The minimum atomic E-state index is -0.139. The predicted molar refractivity (Wildman–Crippen MR) is 141 cm³/mol. The zero-order valence-corrected chi connectivity index (χ0v) is 20.8. The molecule has 0 unspecified atom stereocenters. The van der Waals surface area contributed by atoms with Gasteiger partial charge in [-0.3, -0.25) is 9.80 Å². The molecule has 2 heterocycles. The Balaban J connectivity index is 1.34. The van der Waals surface area contributed by atoms with Gasteiger partial charge in [0.05, 0.1) is 11.6 Å². The standard InChI is InChI=1S/C30H32N4O/c1-21-7-8-28-27(16-21)30(20-34(28)29(35)32-26-6-4-5-24(17-26)18-31)9-11-33(12-10-30)19-25-14-22(2)13-23(3)15-25/h4-8,13-17H,9-12,19-20H2,1-3H3,(H,32,35). The second-order valence-electron chi connectivity index (χ2n) is 10.3. The van der Waals surface area contributed by atoms with Crippen molar-refractivity contribution in [1.29, 1.82) is 5.26 Å². The Hall–Kier alpha value is -3.62. The van der Waals surface area contributed by atoms with Crippen LogP contribution in [-0.4, -0.2) is 30.6 Å². The molecule has 2 amide bonds. The molecule has 178 valence electrons. The highest BCUT2D eigenvalue weighted by molar-refractivity contribution is 6.03. The summed E-state index contributed by atoms with van der Waals surface area (Å²) in [6.07, 6.45) is 2.06. The van der Waals surface area contributed by atoms with Crippen LogP contribution >= 0.6 is 0 Å². The summed E-state index contributed by atoms with van der Waals surface area (Å²) in [6, 6.07) is 22.3. The minimum absolute atomic E-state index is 0.0216. The number of rotatable bonds is 3. The van der Waals surface area contributed by atoms with Gasteiger partial charge in [0.1, 0.15) is 0 Å². The third-order valence-electron chi connectivity index (χ3n) is 7.46. The molecule has 1 N–H and O–H groups in total. The molecule has 3 aromatic rings. The molecule has 0 aliphatic carbocycles. The number of aryl methyl sites for hydroxylation is 3. The average molecular weight is 465 g/mol. The zero-order chi connectivity index (χ0) is 24.6. The van der Waals surface area contributed by atoms with E-state index in [-0.39, 0.29) is 11.4 Å². The van der Waals surface area contributed by atoms with E-state index in [2.05, 4.69) is 73.5 Å². The number of hydrogen-bond donors (Lipinski definition) is 1. The maximum Gasteiger partial charge on any atom is 0.326 e. The number of carbonyl (C=O) groups excluding carboxylic acids is 1. The fourth-order valence-electron chi connectivity index (χ4n) is 5.81. The minimum Gasteiger partial charge on any atom is -0.307 e. The number of nitrogens with zero attached hydrogens (tertiary/aromatic N) is 3. The van der Waals surface area contributed by atoms with Crippen molar-refractivity contribution in [1.82, 2.24) is 4.90 Å². The second-order valence-corrected chi connectivity index (χ2v) is 10.3. The van der Waals surface area contributed by atoms with Gasteiger partial charge in [0.15, 0.2) is 0 Å². The van der Waals surface area contributed by atoms with E-state index in [1.807, 2.05) is 11.0 Å². The summed E-state index contributed by atoms with van der Waals surface area (Å²) in [5.41, 5.74) is 8.70. The van der Waals surface area contributed by atoms with Gasteiger partial charge >= 0.3 is 6.03 Å². The van der Waals surface area contributed by atoms with Gasteiger partial charge in [-0.1, -0.05) is 53.1 Å². The van der Waals surface area contributed by atoms with Crippen LogP contribution in [0.2, 0.25) is 0 Å². The van der Waals surface area contributed by atoms with E-state index in [4.69, 9.17) is 0 Å². The van der Waals surface area contributed by atoms with Gasteiger partial charge in [-0.05, 0) is 82.1 Å². The maximum atomic E-state index is 13.4. The summed E-state index contributed by atoms with van der Waals surface area (Å²) in [7, 11) is 0. The molecule has 5 rings (SSSR count). The molecule has 0 aromatic heterocycles. The molecule has 0 bridgehead atoms. The lowest BCUT2D eigenvalue weighted by molar-refractivity contribution is 0.160. The number of urea groups is 1. The van der Waals surface area contributed by atoms with Crippen molar-refractivity contribution in [2.45, 2.75) is 45.6 Å². The van der Waals surface area contributed by atoms with Gasteiger partial charge in [-0.25, -0.2) is 4.79 Å². The lowest BCUT2D eigenvalue weighted by Crippen LogP contribution is -2.46. The Labute approximate surface area is 208 Å². The maximum absolute atomic E-state index is 13.4. The molecule has 1 spiro atoms. The molecule has 0 saturated carbocycles. The first-order valence-corrected chi connectivity index (χ1v) is 12.3. The number of amides is 2. The number of likely N-dealkylation sites (tertiary alicyclic amines) is 1. The van der Waals surface area contributed by atoms with Gasteiger partial charge in [-0.15, -0.1) is 0 Å². The quantitative estimate of drug-likeness (QED) is 0.512. The van der Waals surface area contributed by atoms with Crippen LogP contribution in [0.25, 0.3) is 0 Å². The summed E-state index contributed by atoms with van der Waals surface area (Å²) in [6.45, 7) is 10.1. The van der Waals surface area contributed by atoms with Crippen molar-refractivity contribution >= 4 is 17.4 Å². The summed E-state index contributed by atoms with van der Waals surface area (Å²) in [5.74, 6) is 0. The Kier molecular flexibility index (Phi) is 6.08. The van der Waals surface area contributed by atoms with Crippen LogP contribution in [0.5, 0.6) is 0 Å². The van der Waals surface area contributed by atoms with Gasteiger partial charge in [0, 0.05) is 29.9 Å². The number of carbonyl (C=O) groups is 1. The molecule has 1 fully saturated rings. The van der Waals surface area contributed by atoms with Crippen LogP contribution in [0.4, 0.5) is 16.2 Å². The SMILES string of the molecule is Cc1cc(C)cc(CN2CCC3(CC2)CN(C(=O)Nc2cccc(C#N)c2)c2ccc(C)cc23)c1. The van der Waals surface area contributed by atoms with Crippen LogP contribution in [0.3, 0.4) is 0 Å². The second kappa shape index (κ2) is 9.20. The lowest BCUT2D eigenvalue weighted by atomic mass is 9.74. The first-order valence-electron chi connectivity index (χ1n) is 12.3. The predicted octanol–water partition coefficient (Wildman–Crippen LogP) is 6.07. The van der Waals surface area contributed by atoms with Crippen LogP contribution in [0.1, 0.15) is 46.2 Å². The molecule has 2 aliphatic rings. The number of hydrogen-bond acceptors (Lipinski definition) is 3. The molecular weight excluding hydrogens is 432 g/mol. The first-order chi connectivity index (χ1) is 16.8. The Morgan fingerprint density at radius 3 is 2.43 bits per heavy atom. The third kappa shape index (κ3) is 4.67. The van der Waals surface area contributed by atoms with E-state index >= 15 is 0 Å². The summed E-state index contributed by atoms with van der Waals surface area (Å²) in [4.78, 5) is 17.8. The Morgan fingerprint density at radius 1 is 0.971 bits per heavy atom. The number of benzene rings is 3. The third-order valence-corrected chi connectivity index (χ3v) is 7.46. The van der Waals surface area contributed by atoms with Crippen LogP contribution in [-0.2, 0) is 12.0 Å². The highest BCUT2D eigenvalue weighted by Gasteiger charge is 2.46. The van der Waals surface area contributed by atoms with E-state index in [9.17, 15) is 10.1 Å². The van der Waals surface area contributed by atoms with Gasteiger partial charge in [0.2, 0.25) is 0 Å². The van der Waals surface area contributed by atoms with Gasteiger partial charge < -0.3 is 5.32 Å². The molecule has 1 saturated heterocycles. The monoisotopic (exact) mass is 464 g/mol. The van der Waals surface area contributed by atoms with Gasteiger partial charge in [0.25, 0.3) is 0 Å². The van der Waals surface area contributed by atoms with E-state index in [1.165, 1.54) is 27.8 Å². The fourth-order valence-corrected chi connectivity index (χ4v) is 5.81. The fraction of sp³-hybridized carbons (Fsp3) is 0.333. The lowest BCUT2D eigenvalue weighted by Gasteiger charge is -2.40. The molecule has 35 heavy (non-hydrogen) atoms. The Bertz CT molecular complexity index is 1290. The number of nitriles is 1. The van der Waals surface area contributed by atoms with Crippen LogP contribution in [0, 0.1) is 32.1 Å². The number of anilines is 2. The first kappa shape index (κ1) is 23.1. The van der Waals surface area contributed by atoms with E-state index in [0.29, 0.717) is 17.8 Å². The smallest absolute Gasteiger partial charge is 0.307 e. The van der Waals surface area contributed by atoms with Crippen molar-refractivity contribution in [2.24, 2.45) is 0 Å². The topological polar surface area (TPSA) is 59.4 Å². The molecule has 0 atom stereocenters. The number of fused-ring (bicyclic) bond motifs is 2. The van der Waals surface area contributed by atoms with Crippen LogP contribution < -0.4 is 10.2 Å². The van der Waals surface area contributed by atoms with E-state index in [1.54, 1.807) is 18.2 Å². The normalized spacial score (nSPS) is 16.7. The molecule has 5 nitrogen and oxygen atoms in total. The number of nitrogens with one attached hydrogen (secondary N) is 1. The van der Waals surface area contributed by atoms with Crippen molar-refractivity contribution in [3.8, 4) is 6.07 Å². The molecule has 0 radical (unpaired) electrons. The van der Waals surface area contributed by atoms with E-state index in [0.717, 1.165) is 38.2 Å². The van der Waals surface area contributed by atoms with Crippen molar-refractivity contribution < 1.29 is 4.79 Å². The van der Waals surface area contributed by atoms with Crippen LogP contribution in [0.15, 0.2) is 60.7 Å². The Morgan fingerprint density at radius 2 is 1.71 bits per heavy atom. The molecule has 2 aliphatic heterocycles. The highest BCUT2D eigenvalue weighted by atomic mass is 16.2. The summed E-state index contributed by atoms with van der Waals surface area (Å²) < 4.78 is 0. The van der Waals surface area contributed by atoms with Crippen molar-refractivity contribution in [3.05, 3.63) is 94.0 Å². The largest absolute Gasteiger partial charge is 0.326 e.